The van der Waals surface area contributed by atoms with Gasteiger partial charge in [0.05, 0.1) is 11.0 Å². The lowest BCUT2D eigenvalue weighted by Gasteiger charge is -2.32. The predicted octanol–water partition coefficient (Wildman–Crippen LogP) is 4.42. The van der Waals surface area contributed by atoms with Crippen LogP contribution in [0.5, 0.6) is 0 Å². The number of thioether (sulfide) groups is 2. The zero-order chi connectivity index (χ0) is 20.8. The minimum Gasteiger partial charge on any atom is -0.286 e. The summed E-state index contributed by atoms with van der Waals surface area (Å²) in [7, 11) is 0. The Morgan fingerprint density at radius 2 is 1.59 bits per heavy atom. The van der Waals surface area contributed by atoms with E-state index in [1.807, 2.05) is 0 Å². The first-order chi connectivity index (χ1) is 12.5. The van der Waals surface area contributed by atoms with Crippen molar-refractivity contribution in [3.63, 3.8) is 0 Å². The molecule has 0 bridgehead atoms. The molecule has 0 aliphatic heterocycles. The summed E-state index contributed by atoms with van der Waals surface area (Å²) in [6.07, 6.45) is -4.65. The van der Waals surface area contributed by atoms with E-state index in [2.05, 4.69) is 0 Å². The monoisotopic (exact) mass is 423 g/mol. The Kier molecular flexibility index (Phi) is 8.34. The third-order valence-electron chi connectivity index (χ3n) is 3.99. The molecule has 0 fully saturated rings. The van der Waals surface area contributed by atoms with Crippen LogP contribution in [-0.4, -0.2) is 33.2 Å². The molecule has 0 radical (unpaired) electrons. The summed E-state index contributed by atoms with van der Waals surface area (Å²) in [5.74, 6) is -0.742. The van der Waals surface area contributed by atoms with Gasteiger partial charge in [0.25, 0.3) is 0 Å². The second-order valence-electron chi connectivity index (χ2n) is 5.92. The van der Waals surface area contributed by atoms with Gasteiger partial charge in [-0.1, -0.05) is 55.6 Å². The molecular weight excluding hydrogens is 403 g/mol. The lowest BCUT2D eigenvalue weighted by Crippen LogP contribution is -2.45. The van der Waals surface area contributed by atoms with Crippen molar-refractivity contribution in [2.24, 2.45) is 5.92 Å². The number of hydrogen-bond donors (Lipinski definition) is 0. The van der Waals surface area contributed by atoms with Crippen LogP contribution < -0.4 is 0 Å². The Hall–Kier alpha value is -1.55. The van der Waals surface area contributed by atoms with Gasteiger partial charge in [0.1, 0.15) is 5.92 Å². The summed E-state index contributed by atoms with van der Waals surface area (Å²) in [5, 5.41) is 10.1. The number of benzene rings is 1. The van der Waals surface area contributed by atoms with E-state index in [-0.39, 0.29) is 5.56 Å². The van der Waals surface area contributed by atoms with Gasteiger partial charge in [-0.2, -0.15) is 13.2 Å². The molecule has 1 rings (SSSR count). The molecule has 150 valence electrons. The molecule has 0 amide bonds. The first-order valence-electron chi connectivity index (χ1n) is 8.10. The van der Waals surface area contributed by atoms with E-state index < -0.39 is 44.8 Å². The van der Waals surface area contributed by atoms with E-state index in [1.165, 1.54) is 13.0 Å². The number of nitro groups is 1. The summed E-state index contributed by atoms with van der Waals surface area (Å²) in [4.78, 5) is 35.8. The van der Waals surface area contributed by atoms with Crippen molar-refractivity contribution >= 4 is 33.8 Å². The van der Waals surface area contributed by atoms with Gasteiger partial charge in [0, 0.05) is 4.92 Å². The van der Waals surface area contributed by atoms with Gasteiger partial charge in [-0.25, -0.2) is 0 Å². The van der Waals surface area contributed by atoms with E-state index in [1.54, 1.807) is 13.8 Å². The topological polar surface area (TPSA) is 77.3 Å². The van der Waals surface area contributed by atoms with E-state index >= 15 is 0 Å². The number of alkyl halides is 3. The summed E-state index contributed by atoms with van der Waals surface area (Å²) in [6.45, 7) is 3.83. The zero-order valence-electron chi connectivity index (χ0n) is 15.0. The van der Waals surface area contributed by atoms with Crippen LogP contribution in [0.3, 0.4) is 0 Å². The Morgan fingerprint density at radius 3 is 2.00 bits per heavy atom. The molecule has 0 aliphatic rings. The maximum Gasteiger partial charge on any atom is 0.416 e. The highest BCUT2D eigenvalue weighted by Crippen LogP contribution is 2.40. The van der Waals surface area contributed by atoms with Crippen LogP contribution >= 0.6 is 23.5 Å². The van der Waals surface area contributed by atoms with Crippen molar-refractivity contribution in [3.05, 3.63) is 45.5 Å². The fourth-order valence-electron chi connectivity index (χ4n) is 2.74. The number of carbonyl (C=O) groups excluding carboxylic acids is 2. The average Bonchev–Trinajstić information content (AvgIpc) is 2.54. The van der Waals surface area contributed by atoms with Gasteiger partial charge in [0.2, 0.25) is 16.8 Å². The maximum atomic E-state index is 13.1. The minimum atomic E-state index is -4.65. The molecule has 0 saturated heterocycles. The average molecular weight is 423 g/mol. The largest absolute Gasteiger partial charge is 0.416 e. The molecule has 0 unspecified atom stereocenters. The number of nitrogens with zero attached hydrogens (tertiary/aromatic N) is 1. The molecule has 0 saturated carbocycles. The smallest absolute Gasteiger partial charge is 0.286 e. The van der Waals surface area contributed by atoms with Crippen molar-refractivity contribution in [1.29, 1.82) is 0 Å². The fourth-order valence-corrected chi connectivity index (χ4v) is 4.45. The Bertz CT molecular complexity index is 694. The molecule has 0 aliphatic carbocycles. The fraction of sp³-hybridized carbons (Fsp3) is 0.529. The molecule has 0 N–H and O–H groups in total. The predicted molar refractivity (Wildman–Crippen MR) is 100 cm³/mol. The van der Waals surface area contributed by atoms with Crippen molar-refractivity contribution < 1.29 is 27.7 Å². The standard InChI is InChI=1S/C17H20F3NO4S2/c1-4-26-14(22)13(15(23)27-5-2)16(3,10-21(24)25)11-7-6-8-12(9-11)17(18,19)20/h6-9,13H,4-5,10H2,1-3H3/t16-/m1/s1. The summed E-state index contributed by atoms with van der Waals surface area (Å²) < 4.78 is 39.3. The molecule has 27 heavy (non-hydrogen) atoms. The first-order valence-corrected chi connectivity index (χ1v) is 10.1. The van der Waals surface area contributed by atoms with Crippen LogP contribution in [0, 0.1) is 16.0 Å². The molecule has 0 aromatic heterocycles. The summed E-state index contributed by atoms with van der Waals surface area (Å²) in [5.41, 5.74) is -2.75. The van der Waals surface area contributed by atoms with Crippen molar-refractivity contribution in [3.8, 4) is 0 Å². The highest BCUT2D eigenvalue weighted by atomic mass is 32.2. The van der Waals surface area contributed by atoms with E-state index in [4.69, 9.17) is 0 Å². The first kappa shape index (κ1) is 23.5. The van der Waals surface area contributed by atoms with Crippen LogP contribution in [0.2, 0.25) is 0 Å². The maximum absolute atomic E-state index is 13.1. The summed E-state index contributed by atoms with van der Waals surface area (Å²) in [6, 6.07) is 4.04. The number of rotatable bonds is 8. The normalized spacial score (nSPS) is 14.0. The third kappa shape index (κ3) is 5.97. The third-order valence-corrected chi connectivity index (χ3v) is 5.61. The molecule has 1 aromatic rings. The second kappa shape index (κ2) is 9.59. The Balaban J connectivity index is 3.60. The van der Waals surface area contributed by atoms with Crippen molar-refractivity contribution in [1.82, 2.24) is 0 Å². The van der Waals surface area contributed by atoms with E-state index in [9.17, 15) is 32.9 Å². The number of carbonyl (C=O) groups is 2. The van der Waals surface area contributed by atoms with Crippen molar-refractivity contribution in [2.75, 3.05) is 18.1 Å². The van der Waals surface area contributed by atoms with E-state index in [0.29, 0.717) is 11.5 Å². The molecule has 10 heteroatoms. The molecule has 1 atom stereocenters. The Morgan fingerprint density at radius 1 is 1.11 bits per heavy atom. The van der Waals surface area contributed by atoms with Gasteiger partial charge in [-0.3, -0.25) is 19.7 Å². The highest BCUT2D eigenvalue weighted by Gasteiger charge is 2.49. The molecule has 0 heterocycles. The van der Waals surface area contributed by atoms with Crippen LogP contribution in [0.25, 0.3) is 0 Å². The van der Waals surface area contributed by atoms with Gasteiger partial charge in [0.15, 0.2) is 0 Å². The van der Waals surface area contributed by atoms with Gasteiger partial charge in [-0.15, -0.1) is 0 Å². The minimum absolute atomic E-state index is 0.0610. The lowest BCUT2D eigenvalue weighted by atomic mass is 9.72. The SMILES string of the molecule is CCSC(=O)C(C(=O)SCC)[C@](C)(C[N+](=O)[O-])c1cccc(C(F)(F)F)c1. The van der Waals surface area contributed by atoms with Gasteiger partial charge < -0.3 is 0 Å². The summed E-state index contributed by atoms with van der Waals surface area (Å²) >= 11 is 1.67. The number of halogens is 3. The molecule has 1 aromatic carbocycles. The van der Waals surface area contributed by atoms with Gasteiger partial charge in [-0.05, 0) is 30.1 Å². The molecule has 5 nitrogen and oxygen atoms in total. The van der Waals surface area contributed by atoms with Crippen LogP contribution in [0.1, 0.15) is 31.9 Å². The van der Waals surface area contributed by atoms with Gasteiger partial charge >= 0.3 is 6.18 Å². The number of hydrogen-bond acceptors (Lipinski definition) is 6. The Labute approximate surface area is 163 Å². The zero-order valence-corrected chi connectivity index (χ0v) is 16.7. The highest BCUT2D eigenvalue weighted by molar-refractivity contribution is 8.15. The molecule has 0 spiro atoms. The molecular formula is C17H20F3NO4S2. The van der Waals surface area contributed by atoms with Crippen LogP contribution in [0.15, 0.2) is 24.3 Å². The quantitative estimate of drug-likeness (QED) is 0.350. The van der Waals surface area contributed by atoms with E-state index in [0.717, 1.165) is 41.7 Å². The lowest BCUT2D eigenvalue weighted by molar-refractivity contribution is -0.491. The van der Waals surface area contributed by atoms with Crippen molar-refractivity contribution in [2.45, 2.75) is 32.4 Å². The van der Waals surface area contributed by atoms with Crippen LogP contribution in [-0.2, 0) is 21.2 Å². The van der Waals surface area contributed by atoms with Crippen LogP contribution in [0.4, 0.5) is 13.2 Å². The second-order valence-corrected chi connectivity index (χ2v) is 8.46.